The first kappa shape index (κ1) is 29.5. The van der Waals surface area contributed by atoms with Gasteiger partial charge in [0.1, 0.15) is 25.2 Å². The second-order valence-electron chi connectivity index (χ2n) is 8.73. The Hall–Kier alpha value is -3.47. The van der Waals surface area contributed by atoms with Gasteiger partial charge in [0.05, 0.1) is 23.4 Å². The van der Waals surface area contributed by atoms with Crippen LogP contribution in [0.1, 0.15) is 30.5 Å². The lowest BCUT2D eigenvalue weighted by Crippen LogP contribution is -2.28. The summed E-state index contributed by atoms with van der Waals surface area (Å²) in [5.74, 6) is 0.317. The number of halogens is 1. The molecule has 0 amide bonds. The predicted octanol–water partition coefficient (Wildman–Crippen LogP) is 5.81. The molecule has 210 valence electrons. The summed E-state index contributed by atoms with van der Waals surface area (Å²) in [5.41, 5.74) is 4.21. The Balaban J connectivity index is 1.42. The maximum atomic E-state index is 12.8. The van der Waals surface area contributed by atoms with Crippen LogP contribution in [0.25, 0.3) is 10.2 Å². The third-order valence-corrected chi connectivity index (χ3v) is 7.50. The molecule has 0 aliphatic heterocycles. The van der Waals surface area contributed by atoms with Crippen molar-refractivity contribution in [1.29, 1.82) is 0 Å². The highest BCUT2D eigenvalue weighted by Gasteiger charge is 2.20. The van der Waals surface area contributed by atoms with Crippen molar-refractivity contribution in [2.75, 3.05) is 26.9 Å². The van der Waals surface area contributed by atoms with E-state index in [1.54, 1.807) is 11.5 Å². The van der Waals surface area contributed by atoms with E-state index >= 15 is 0 Å². The standard InChI is InChI=1S/C30H31BrN2O6S/c1-4-37-26(29(34)38-5-2)17-20-9-12-24(13-10-20)39-16-15-33-25-14-11-22(19-27(25)40-30(33)35)28(32-36-3)21-7-6-8-23(31)18-21/h6-14,18-19,26H,4-5,15-17H2,1-3H3/b32-28-. The number of hydrogen-bond acceptors (Lipinski definition) is 8. The minimum atomic E-state index is -0.637. The van der Waals surface area contributed by atoms with E-state index in [1.807, 2.05) is 73.7 Å². The fraction of sp³-hybridized carbons (Fsp3) is 0.300. The van der Waals surface area contributed by atoms with E-state index in [4.69, 9.17) is 19.0 Å². The highest BCUT2D eigenvalue weighted by molar-refractivity contribution is 9.10. The van der Waals surface area contributed by atoms with Crippen LogP contribution >= 0.6 is 27.3 Å². The topological polar surface area (TPSA) is 88.4 Å². The lowest BCUT2D eigenvalue weighted by molar-refractivity contribution is -0.156. The zero-order chi connectivity index (χ0) is 28.5. The van der Waals surface area contributed by atoms with Crippen LogP contribution in [-0.4, -0.2) is 49.3 Å². The van der Waals surface area contributed by atoms with Gasteiger partial charge in [0.25, 0.3) is 0 Å². The SMILES string of the molecule is CCOC(=O)C(Cc1ccc(OCCn2c(=O)sc3cc(/C(=N\OC)c4cccc(Br)c4)ccc32)cc1)OCC. The molecule has 0 N–H and O–H groups in total. The van der Waals surface area contributed by atoms with Gasteiger partial charge >= 0.3 is 10.8 Å². The van der Waals surface area contributed by atoms with E-state index < -0.39 is 6.10 Å². The summed E-state index contributed by atoms with van der Waals surface area (Å²) in [6.07, 6.45) is -0.216. The third kappa shape index (κ3) is 7.38. The van der Waals surface area contributed by atoms with Gasteiger partial charge in [-0.15, -0.1) is 0 Å². The summed E-state index contributed by atoms with van der Waals surface area (Å²) >= 11 is 4.69. The van der Waals surface area contributed by atoms with Crippen LogP contribution in [-0.2, 0) is 32.1 Å². The largest absolute Gasteiger partial charge is 0.492 e. The van der Waals surface area contributed by atoms with E-state index in [0.717, 1.165) is 31.4 Å². The number of nitrogens with zero attached hydrogens (tertiary/aromatic N) is 2. The average Bonchev–Trinajstić information content (AvgIpc) is 3.26. The van der Waals surface area contributed by atoms with Crippen molar-refractivity contribution < 1.29 is 23.8 Å². The molecule has 0 spiro atoms. The number of esters is 1. The summed E-state index contributed by atoms with van der Waals surface area (Å²) in [4.78, 5) is 30.0. The molecule has 1 heterocycles. The highest BCUT2D eigenvalue weighted by atomic mass is 79.9. The Labute approximate surface area is 245 Å². The van der Waals surface area contributed by atoms with Gasteiger partial charge in [-0.05, 0) is 55.8 Å². The molecule has 0 bridgehead atoms. The minimum absolute atomic E-state index is 0.0558. The number of oxime groups is 1. The number of hydrogen-bond donors (Lipinski definition) is 0. The first-order valence-corrected chi connectivity index (χ1v) is 14.5. The van der Waals surface area contributed by atoms with Gasteiger partial charge < -0.3 is 19.0 Å². The summed E-state index contributed by atoms with van der Waals surface area (Å²) in [5, 5.41) is 4.24. The molecule has 1 atom stereocenters. The second kappa shape index (κ2) is 14.2. The first-order valence-electron chi connectivity index (χ1n) is 12.9. The van der Waals surface area contributed by atoms with E-state index in [1.165, 1.54) is 18.4 Å². The summed E-state index contributed by atoms with van der Waals surface area (Å²) < 4.78 is 20.1. The Kier molecular flexibility index (Phi) is 10.5. The molecule has 40 heavy (non-hydrogen) atoms. The van der Waals surface area contributed by atoms with Gasteiger partial charge in [0.15, 0.2) is 6.10 Å². The Bertz CT molecular complexity index is 1530. The van der Waals surface area contributed by atoms with Crippen LogP contribution in [0.15, 0.2) is 81.2 Å². The molecule has 0 saturated carbocycles. The van der Waals surface area contributed by atoms with Crippen molar-refractivity contribution in [2.45, 2.75) is 32.9 Å². The second-order valence-corrected chi connectivity index (χ2v) is 10.6. The smallest absolute Gasteiger partial charge is 0.335 e. The zero-order valence-corrected chi connectivity index (χ0v) is 25.0. The molecular weight excluding hydrogens is 596 g/mol. The number of ether oxygens (including phenoxy) is 3. The Morgan fingerprint density at radius 2 is 1.80 bits per heavy atom. The maximum absolute atomic E-state index is 12.8. The quantitative estimate of drug-likeness (QED) is 0.106. The van der Waals surface area contributed by atoms with Gasteiger partial charge in [-0.1, -0.05) is 62.8 Å². The summed E-state index contributed by atoms with van der Waals surface area (Å²) in [6, 6.07) is 21.1. The lowest BCUT2D eigenvalue weighted by Gasteiger charge is -2.16. The van der Waals surface area contributed by atoms with Gasteiger partial charge in [0, 0.05) is 28.6 Å². The number of fused-ring (bicyclic) bond motifs is 1. The van der Waals surface area contributed by atoms with E-state index in [0.29, 0.717) is 44.2 Å². The molecule has 0 aliphatic rings. The van der Waals surface area contributed by atoms with Crippen molar-refractivity contribution in [1.82, 2.24) is 4.57 Å². The number of rotatable bonds is 13. The van der Waals surface area contributed by atoms with Crippen LogP contribution in [0.2, 0.25) is 0 Å². The Morgan fingerprint density at radius 1 is 1.02 bits per heavy atom. The number of aromatic nitrogens is 1. The molecule has 0 aliphatic carbocycles. The summed E-state index contributed by atoms with van der Waals surface area (Å²) in [6.45, 7) is 5.09. The van der Waals surface area contributed by atoms with Crippen molar-refractivity contribution in [3.63, 3.8) is 0 Å². The number of thiazole rings is 1. The lowest BCUT2D eigenvalue weighted by atomic mass is 10.0. The van der Waals surface area contributed by atoms with E-state index in [9.17, 15) is 9.59 Å². The molecule has 0 saturated heterocycles. The molecule has 4 aromatic rings. The number of benzene rings is 3. The molecule has 8 nitrogen and oxygen atoms in total. The van der Waals surface area contributed by atoms with E-state index in [2.05, 4.69) is 21.1 Å². The van der Waals surface area contributed by atoms with Crippen molar-refractivity contribution >= 4 is 49.2 Å². The average molecular weight is 628 g/mol. The van der Waals surface area contributed by atoms with Crippen LogP contribution < -0.4 is 9.61 Å². The van der Waals surface area contributed by atoms with Gasteiger partial charge in [-0.2, -0.15) is 0 Å². The zero-order valence-electron chi connectivity index (χ0n) is 22.6. The molecular formula is C30H31BrN2O6S. The molecule has 1 aromatic heterocycles. The highest BCUT2D eigenvalue weighted by Crippen LogP contribution is 2.23. The normalized spacial score (nSPS) is 12.3. The molecule has 1 unspecified atom stereocenters. The molecule has 10 heteroatoms. The number of carbonyl (C=O) groups is 1. The van der Waals surface area contributed by atoms with Gasteiger partial charge in [-0.3, -0.25) is 9.36 Å². The Morgan fingerprint density at radius 3 is 2.50 bits per heavy atom. The first-order chi connectivity index (χ1) is 19.4. The van der Waals surface area contributed by atoms with Gasteiger partial charge in [0.2, 0.25) is 0 Å². The van der Waals surface area contributed by atoms with Crippen LogP contribution in [0, 0.1) is 0 Å². The number of carbonyl (C=O) groups excluding carboxylic acids is 1. The molecule has 0 fully saturated rings. The molecule has 4 rings (SSSR count). The van der Waals surface area contributed by atoms with Crippen LogP contribution in [0.5, 0.6) is 5.75 Å². The fourth-order valence-corrected chi connectivity index (χ4v) is 5.62. The van der Waals surface area contributed by atoms with Crippen molar-refractivity contribution in [2.24, 2.45) is 5.16 Å². The van der Waals surface area contributed by atoms with Gasteiger partial charge in [-0.25, -0.2) is 4.79 Å². The van der Waals surface area contributed by atoms with Crippen molar-refractivity contribution in [3.8, 4) is 5.75 Å². The molecule has 3 aromatic carbocycles. The van der Waals surface area contributed by atoms with Crippen LogP contribution in [0.3, 0.4) is 0 Å². The van der Waals surface area contributed by atoms with Crippen LogP contribution in [0.4, 0.5) is 0 Å². The fourth-order valence-electron chi connectivity index (χ4n) is 4.26. The summed E-state index contributed by atoms with van der Waals surface area (Å²) in [7, 11) is 1.51. The predicted molar refractivity (Wildman–Crippen MR) is 161 cm³/mol. The maximum Gasteiger partial charge on any atom is 0.335 e. The van der Waals surface area contributed by atoms with Crippen molar-refractivity contribution in [3.05, 3.63) is 97.6 Å². The molecule has 0 radical (unpaired) electrons. The monoisotopic (exact) mass is 626 g/mol. The minimum Gasteiger partial charge on any atom is -0.492 e. The van der Waals surface area contributed by atoms with E-state index in [-0.39, 0.29) is 10.8 Å². The third-order valence-electron chi connectivity index (χ3n) is 6.07.